The minimum Gasteiger partial charge on any atom is -0.444 e. The maximum atomic E-state index is 12.7. The highest BCUT2D eigenvalue weighted by Gasteiger charge is 2.22. The molecule has 0 aliphatic heterocycles. The Morgan fingerprint density at radius 2 is 1.96 bits per heavy atom. The van der Waals surface area contributed by atoms with Crippen LogP contribution in [-0.4, -0.2) is 27.8 Å². The Morgan fingerprint density at radius 3 is 2.50 bits per heavy atom. The number of rotatable bonds is 4. The average molecular weight is 341 g/mol. The molecule has 1 amide bonds. The van der Waals surface area contributed by atoms with Crippen molar-refractivity contribution in [3.8, 4) is 11.3 Å². The fourth-order valence-electron chi connectivity index (χ4n) is 2.63. The summed E-state index contributed by atoms with van der Waals surface area (Å²) in [7, 11) is 1.83. The molecule has 0 saturated heterocycles. The SMILES string of the molecule is Cc1nc(C)c([C@H](C)N(C)C(=O)c2ccc(-c3cnco3)cc2)s1. The molecule has 1 aromatic carbocycles. The van der Waals surface area contributed by atoms with Crippen LogP contribution in [0.15, 0.2) is 41.3 Å². The van der Waals surface area contributed by atoms with Gasteiger partial charge in [-0.2, -0.15) is 0 Å². The van der Waals surface area contributed by atoms with Gasteiger partial charge < -0.3 is 9.32 Å². The van der Waals surface area contributed by atoms with Gasteiger partial charge in [-0.05, 0) is 32.9 Å². The summed E-state index contributed by atoms with van der Waals surface area (Å²) in [6, 6.07) is 7.35. The molecule has 0 bridgehead atoms. The summed E-state index contributed by atoms with van der Waals surface area (Å²) in [5, 5.41) is 1.02. The van der Waals surface area contributed by atoms with Crippen LogP contribution in [0, 0.1) is 13.8 Å². The Morgan fingerprint density at radius 1 is 1.25 bits per heavy atom. The van der Waals surface area contributed by atoms with E-state index in [0.717, 1.165) is 21.1 Å². The summed E-state index contributed by atoms with van der Waals surface area (Å²) in [5.74, 6) is 0.670. The van der Waals surface area contributed by atoms with Crippen LogP contribution in [0.2, 0.25) is 0 Å². The van der Waals surface area contributed by atoms with E-state index in [4.69, 9.17) is 4.42 Å². The molecule has 24 heavy (non-hydrogen) atoms. The summed E-state index contributed by atoms with van der Waals surface area (Å²) in [6.45, 7) is 6.00. The van der Waals surface area contributed by atoms with E-state index in [0.29, 0.717) is 11.3 Å². The van der Waals surface area contributed by atoms with Gasteiger partial charge in [0.15, 0.2) is 12.2 Å². The molecule has 0 aliphatic rings. The zero-order valence-corrected chi connectivity index (χ0v) is 14.9. The molecule has 2 heterocycles. The predicted molar refractivity (Wildman–Crippen MR) is 94.0 cm³/mol. The third-order valence-corrected chi connectivity index (χ3v) is 5.31. The number of oxazole rings is 1. The molecule has 5 nitrogen and oxygen atoms in total. The van der Waals surface area contributed by atoms with E-state index in [1.807, 2.05) is 52.1 Å². The van der Waals surface area contributed by atoms with Crippen molar-refractivity contribution >= 4 is 17.2 Å². The van der Waals surface area contributed by atoms with E-state index < -0.39 is 0 Å². The molecule has 0 aliphatic carbocycles. The largest absolute Gasteiger partial charge is 0.444 e. The summed E-state index contributed by atoms with van der Waals surface area (Å²) in [4.78, 5) is 24.0. The van der Waals surface area contributed by atoms with Crippen LogP contribution in [-0.2, 0) is 0 Å². The highest BCUT2D eigenvalue weighted by molar-refractivity contribution is 7.11. The van der Waals surface area contributed by atoms with Crippen molar-refractivity contribution in [3.63, 3.8) is 0 Å². The van der Waals surface area contributed by atoms with E-state index in [-0.39, 0.29) is 11.9 Å². The van der Waals surface area contributed by atoms with Gasteiger partial charge >= 0.3 is 0 Å². The number of nitrogens with zero attached hydrogens (tertiary/aromatic N) is 3. The standard InChI is InChI=1S/C18H19N3O2S/c1-11-17(24-13(3)20-11)12(2)21(4)18(22)15-7-5-14(6-8-15)16-9-19-10-23-16/h5-10,12H,1-4H3/t12-/m0/s1. The van der Waals surface area contributed by atoms with Crippen LogP contribution < -0.4 is 0 Å². The molecule has 0 unspecified atom stereocenters. The zero-order valence-electron chi connectivity index (χ0n) is 14.1. The van der Waals surface area contributed by atoms with E-state index in [2.05, 4.69) is 9.97 Å². The van der Waals surface area contributed by atoms with Gasteiger partial charge in [0.05, 0.1) is 22.9 Å². The van der Waals surface area contributed by atoms with Crippen molar-refractivity contribution < 1.29 is 9.21 Å². The number of aromatic nitrogens is 2. The highest BCUT2D eigenvalue weighted by atomic mass is 32.1. The molecular formula is C18H19N3O2S. The molecule has 0 fully saturated rings. The van der Waals surface area contributed by atoms with Crippen molar-refractivity contribution in [2.24, 2.45) is 0 Å². The fourth-order valence-corrected chi connectivity index (χ4v) is 3.65. The Labute approximate surface area is 145 Å². The van der Waals surface area contributed by atoms with Gasteiger partial charge in [0.25, 0.3) is 5.91 Å². The maximum Gasteiger partial charge on any atom is 0.254 e. The first-order valence-corrected chi connectivity index (χ1v) is 8.49. The molecule has 3 aromatic rings. The minimum absolute atomic E-state index is 0.0161. The Balaban J connectivity index is 1.79. The molecule has 0 radical (unpaired) electrons. The second kappa shape index (κ2) is 6.57. The van der Waals surface area contributed by atoms with E-state index in [9.17, 15) is 4.79 Å². The molecular weight excluding hydrogens is 322 g/mol. The summed E-state index contributed by atoms with van der Waals surface area (Å²) >= 11 is 1.64. The van der Waals surface area contributed by atoms with E-state index in [1.165, 1.54) is 6.39 Å². The number of benzene rings is 1. The molecule has 2 aromatic heterocycles. The second-order valence-corrected chi connectivity index (χ2v) is 6.95. The molecule has 0 N–H and O–H groups in total. The molecule has 124 valence electrons. The van der Waals surface area contributed by atoms with Crippen LogP contribution in [0.4, 0.5) is 0 Å². The molecule has 3 rings (SSSR count). The predicted octanol–water partition coefficient (Wildman–Crippen LogP) is 4.25. The zero-order chi connectivity index (χ0) is 17.3. The highest BCUT2D eigenvalue weighted by Crippen LogP contribution is 2.29. The first kappa shape index (κ1) is 16.4. The van der Waals surface area contributed by atoms with Gasteiger partial charge in [0, 0.05) is 23.1 Å². The number of thiazole rings is 1. The normalized spacial score (nSPS) is 12.2. The number of amides is 1. The number of carbonyl (C=O) groups is 1. The molecule has 0 spiro atoms. The van der Waals surface area contributed by atoms with Gasteiger partial charge in [-0.25, -0.2) is 9.97 Å². The van der Waals surface area contributed by atoms with Crippen molar-refractivity contribution in [1.82, 2.24) is 14.9 Å². The van der Waals surface area contributed by atoms with Crippen LogP contribution in [0.5, 0.6) is 0 Å². The van der Waals surface area contributed by atoms with Crippen LogP contribution in [0.25, 0.3) is 11.3 Å². The first-order valence-electron chi connectivity index (χ1n) is 7.67. The summed E-state index contributed by atoms with van der Waals surface area (Å²) < 4.78 is 5.27. The van der Waals surface area contributed by atoms with E-state index >= 15 is 0 Å². The van der Waals surface area contributed by atoms with Crippen molar-refractivity contribution in [2.75, 3.05) is 7.05 Å². The number of carbonyl (C=O) groups excluding carboxylic acids is 1. The van der Waals surface area contributed by atoms with Gasteiger partial charge in [-0.15, -0.1) is 11.3 Å². The lowest BCUT2D eigenvalue weighted by molar-refractivity contribution is 0.0744. The lowest BCUT2D eigenvalue weighted by Gasteiger charge is -2.24. The number of hydrogen-bond donors (Lipinski definition) is 0. The monoisotopic (exact) mass is 341 g/mol. The maximum absolute atomic E-state index is 12.7. The third-order valence-electron chi connectivity index (χ3n) is 4.07. The minimum atomic E-state index is -0.0166. The average Bonchev–Trinajstić information content (AvgIpc) is 3.22. The van der Waals surface area contributed by atoms with Crippen molar-refractivity contribution in [3.05, 3.63) is 58.0 Å². The van der Waals surface area contributed by atoms with Crippen LogP contribution in [0.1, 0.15) is 38.9 Å². The lowest BCUT2D eigenvalue weighted by Crippen LogP contribution is -2.29. The molecule has 6 heteroatoms. The van der Waals surface area contributed by atoms with Crippen LogP contribution >= 0.6 is 11.3 Å². The molecule has 0 saturated carbocycles. The molecule has 1 atom stereocenters. The van der Waals surface area contributed by atoms with Crippen molar-refractivity contribution in [1.29, 1.82) is 0 Å². The number of aryl methyl sites for hydroxylation is 2. The van der Waals surface area contributed by atoms with Gasteiger partial charge in [-0.3, -0.25) is 4.79 Å². The number of hydrogen-bond acceptors (Lipinski definition) is 5. The summed E-state index contributed by atoms with van der Waals surface area (Å²) in [6.07, 6.45) is 3.04. The van der Waals surface area contributed by atoms with Gasteiger partial charge in [0.2, 0.25) is 0 Å². The Bertz CT molecular complexity index is 838. The van der Waals surface area contributed by atoms with Gasteiger partial charge in [0.1, 0.15) is 0 Å². The topological polar surface area (TPSA) is 59.2 Å². The third kappa shape index (κ3) is 3.10. The van der Waals surface area contributed by atoms with E-state index in [1.54, 1.807) is 22.4 Å². The van der Waals surface area contributed by atoms with Crippen LogP contribution in [0.3, 0.4) is 0 Å². The second-order valence-electron chi connectivity index (χ2n) is 5.72. The van der Waals surface area contributed by atoms with Crippen molar-refractivity contribution in [2.45, 2.75) is 26.8 Å². The van der Waals surface area contributed by atoms with Gasteiger partial charge in [-0.1, -0.05) is 12.1 Å². The lowest BCUT2D eigenvalue weighted by atomic mass is 10.1. The smallest absolute Gasteiger partial charge is 0.254 e. The quantitative estimate of drug-likeness (QED) is 0.712. The Hall–Kier alpha value is -2.47. The Kier molecular flexibility index (Phi) is 4.49. The fraction of sp³-hybridized carbons (Fsp3) is 0.278. The summed E-state index contributed by atoms with van der Waals surface area (Å²) in [5.41, 5.74) is 2.53. The first-order chi connectivity index (χ1) is 11.5.